The molecule has 5 rings (SSSR count). The number of anilines is 1. The van der Waals surface area contributed by atoms with Crippen molar-refractivity contribution in [3.05, 3.63) is 89.5 Å². The molecule has 1 fully saturated rings. The Bertz CT molecular complexity index is 1500. The average Bonchev–Trinajstić information content (AvgIpc) is 3.31. The molecule has 0 spiro atoms. The fraction of sp³-hybridized carbons (Fsp3) is 0.429. The second-order valence-electron chi connectivity index (χ2n) is 12.2. The van der Waals surface area contributed by atoms with Crippen molar-refractivity contribution in [3.8, 4) is 11.1 Å². The molecule has 2 aliphatic rings. The van der Waals surface area contributed by atoms with E-state index in [0.717, 1.165) is 22.4 Å². The smallest absolute Gasteiger partial charge is 0.338 e. The lowest BCUT2D eigenvalue weighted by molar-refractivity contribution is -0.159. The molecule has 3 atom stereocenters. The lowest BCUT2D eigenvalue weighted by Crippen LogP contribution is -2.55. The molecule has 0 N–H and O–H groups in total. The highest BCUT2D eigenvalue weighted by atomic mass is 31.2. The van der Waals surface area contributed by atoms with Crippen molar-refractivity contribution in [3.63, 3.8) is 0 Å². The highest BCUT2D eigenvalue weighted by Crippen LogP contribution is 2.53. The number of rotatable bonds is 10. The van der Waals surface area contributed by atoms with Gasteiger partial charge in [0.1, 0.15) is 17.8 Å². The molecule has 0 radical (unpaired) electrons. The summed E-state index contributed by atoms with van der Waals surface area (Å²) in [5.74, 6) is -1.53. The first kappa shape index (κ1) is 31.2. The van der Waals surface area contributed by atoms with Crippen LogP contribution in [-0.2, 0) is 27.9 Å². The number of benzene rings is 3. The van der Waals surface area contributed by atoms with Gasteiger partial charge in [0, 0.05) is 24.1 Å². The van der Waals surface area contributed by atoms with Gasteiger partial charge in [-0.3, -0.25) is 9.36 Å². The number of nitrogens with zero attached hydrogens (tertiary/aromatic N) is 1. The molecule has 228 valence electrons. The minimum absolute atomic E-state index is 0.0323. The van der Waals surface area contributed by atoms with Crippen LogP contribution in [0.2, 0.25) is 0 Å². The molecule has 0 bridgehead atoms. The minimum atomic E-state index is -3.65. The lowest BCUT2D eigenvalue weighted by Gasteiger charge is -2.43. The maximum Gasteiger partial charge on any atom is 0.338 e. The van der Waals surface area contributed by atoms with E-state index < -0.39 is 31.1 Å². The maximum absolute atomic E-state index is 14.1. The highest BCUT2D eigenvalue weighted by molar-refractivity contribution is 7.54. The van der Waals surface area contributed by atoms with E-state index >= 15 is 0 Å². The molecule has 7 nitrogen and oxygen atoms in total. The molecule has 0 aromatic heterocycles. The Labute approximate surface area is 255 Å². The van der Waals surface area contributed by atoms with E-state index in [1.54, 1.807) is 13.8 Å². The van der Waals surface area contributed by atoms with Gasteiger partial charge < -0.3 is 18.7 Å². The second kappa shape index (κ2) is 12.8. The molecule has 3 aromatic carbocycles. The highest BCUT2D eigenvalue weighted by Gasteiger charge is 2.46. The number of ether oxygens (including phenoxy) is 1. The Morgan fingerprint density at radius 3 is 2.21 bits per heavy atom. The van der Waals surface area contributed by atoms with Gasteiger partial charge in [0.2, 0.25) is 0 Å². The number of fused-ring (bicyclic) bond motifs is 3. The number of carbonyl (C=O) groups is 2. The van der Waals surface area contributed by atoms with Crippen LogP contribution in [0.3, 0.4) is 0 Å². The van der Waals surface area contributed by atoms with Gasteiger partial charge in [-0.2, -0.15) is 0 Å². The van der Waals surface area contributed by atoms with E-state index in [1.165, 1.54) is 11.1 Å². The Kier molecular flexibility index (Phi) is 9.26. The van der Waals surface area contributed by atoms with Gasteiger partial charge in [0.05, 0.1) is 13.2 Å². The average molecular weight is 604 g/mol. The van der Waals surface area contributed by atoms with Crippen LogP contribution < -0.4 is 4.90 Å². The SMILES string of the molecule is CCOP(=O)(CC(=O)[C@@H]1CCCN(c2cccc3c2C(c2ccccc2)c2ccccc2-3)[C@H]1C(=O)OC(C)(C)C)OCC. The van der Waals surface area contributed by atoms with E-state index in [0.29, 0.717) is 19.4 Å². The Morgan fingerprint density at radius 1 is 0.884 bits per heavy atom. The topological polar surface area (TPSA) is 82.1 Å². The van der Waals surface area contributed by atoms with Crippen LogP contribution in [0.1, 0.15) is 70.1 Å². The van der Waals surface area contributed by atoms with Crippen LogP contribution in [0.25, 0.3) is 11.1 Å². The number of hydrogen-bond donors (Lipinski definition) is 0. The summed E-state index contributed by atoms with van der Waals surface area (Å²) in [7, 11) is -3.65. The maximum atomic E-state index is 14.1. The monoisotopic (exact) mass is 603 g/mol. The van der Waals surface area contributed by atoms with E-state index in [2.05, 4.69) is 53.4 Å². The number of carbonyl (C=O) groups excluding carboxylic acids is 2. The van der Waals surface area contributed by atoms with Crippen LogP contribution in [0.15, 0.2) is 72.8 Å². The summed E-state index contributed by atoms with van der Waals surface area (Å²) in [6.45, 7) is 9.83. The van der Waals surface area contributed by atoms with Gasteiger partial charge in [0.25, 0.3) is 0 Å². The van der Waals surface area contributed by atoms with Crippen LogP contribution in [-0.4, -0.2) is 49.3 Å². The van der Waals surface area contributed by atoms with E-state index in [-0.39, 0.29) is 31.1 Å². The summed E-state index contributed by atoms with van der Waals surface area (Å²) in [5, 5.41) is 0. The number of hydrogen-bond acceptors (Lipinski definition) is 7. The summed E-state index contributed by atoms with van der Waals surface area (Å²) in [4.78, 5) is 30.1. The first-order valence-corrected chi connectivity index (χ1v) is 17.0. The normalized spacial score (nSPS) is 19.9. The fourth-order valence-corrected chi connectivity index (χ4v) is 8.23. The molecule has 1 unspecified atom stereocenters. The summed E-state index contributed by atoms with van der Waals surface area (Å²) in [6, 6.07) is 24.1. The van der Waals surface area contributed by atoms with Gasteiger partial charge in [0.15, 0.2) is 5.78 Å². The summed E-state index contributed by atoms with van der Waals surface area (Å²) in [6.07, 6.45) is 0.794. The first-order valence-electron chi connectivity index (χ1n) is 15.2. The third-order valence-corrected chi connectivity index (χ3v) is 10.1. The molecular formula is C35H42NO6P. The van der Waals surface area contributed by atoms with Crippen molar-refractivity contribution in [2.75, 3.05) is 30.8 Å². The molecule has 1 aliphatic carbocycles. The Hall–Kier alpha value is -3.25. The zero-order valence-corrected chi connectivity index (χ0v) is 26.6. The summed E-state index contributed by atoms with van der Waals surface area (Å²) < 4.78 is 30.3. The third kappa shape index (κ3) is 6.50. The summed E-state index contributed by atoms with van der Waals surface area (Å²) in [5.41, 5.74) is 5.94. The zero-order valence-electron chi connectivity index (χ0n) is 25.7. The minimum Gasteiger partial charge on any atom is -0.458 e. The van der Waals surface area contributed by atoms with Gasteiger partial charge in [-0.25, -0.2) is 4.79 Å². The number of ketones is 1. The first-order chi connectivity index (χ1) is 20.6. The quantitative estimate of drug-likeness (QED) is 0.136. The standard InChI is InChI=1S/C35H42NO6P/c1-6-40-43(39,41-7-2)23-30(37)28-20-14-22-36(33(28)34(38)42-35(3,4)5)29-21-13-19-27-25-17-11-12-18-26(25)31(32(27)29)24-15-9-8-10-16-24/h8-13,15-19,21,28,31,33H,6-7,14,20,22-23H2,1-5H3/t28-,31?,33+/m0/s1. The van der Waals surface area contributed by atoms with Gasteiger partial charge >= 0.3 is 13.6 Å². The lowest BCUT2D eigenvalue weighted by atomic mass is 9.83. The molecule has 0 saturated carbocycles. The van der Waals surface area contributed by atoms with E-state index in [4.69, 9.17) is 13.8 Å². The largest absolute Gasteiger partial charge is 0.458 e. The Morgan fingerprint density at radius 2 is 1.53 bits per heavy atom. The van der Waals surface area contributed by atoms with Gasteiger partial charge in [-0.15, -0.1) is 0 Å². The number of piperidine rings is 1. The number of esters is 1. The Balaban J connectivity index is 1.62. The summed E-state index contributed by atoms with van der Waals surface area (Å²) >= 11 is 0. The fourth-order valence-electron chi connectivity index (χ4n) is 6.57. The van der Waals surface area contributed by atoms with Gasteiger partial charge in [-0.05, 0) is 81.3 Å². The van der Waals surface area contributed by atoms with Crippen LogP contribution in [0.5, 0.6) is 0 Å². The zero-order chi connectivity index (χ0) is 30.8. The molecular weight excluding hydrogens is 561 g/mol. The van der Waals surface area contributed by atoms with Crippen molar-refractivity contribution < 1.29 is 27.9 Å². The molecule has 1 saturated heterocycles. The molecule has 0 amide bonds. The van der Waals surface area contributed by atoms with Crippen molar-refractivity contribution in [1.29, 1.82) is 0 Å². The molecule has 43 heavy (non-hydrogen) atoms. The van der Waals surface area contributed by atoms with E-state index in [9.17, 15) is 14.2 Å². The van der Waals surface area contributed by atoms with Crippen LogP contribution in [0, 0.1) is 5.92 Å². The van der Waals surface area contributed by atoms with Crippen LogP contribution >= 0.6 is 7.60 Å². The van der Waals surface area contributed by atoms with Crippen molar-refractivity contribution in [2.45, 2.75) is 65.0 Å². The molecule has 8 heteroatoms. The molecule has 3 aromatic rings. The second-order valence-corrected chi connectivity index (χ2v) is 14.2. The van der Waals surface area contributed by atoms with Crippen molar-refractivity contribution in [2.24, 2.45) is 5.92 Å². The number of Topliss-reactive ketones (excluding diaryl/α,β-unsaturated/α-hetero) is 1. The van der Waals surface area contributed by atoms with E-state index in [1.807, 2.05) is 45.0 Å². The van der Waals surface area contributed by atoms with Gasteiger partial charge in [-0.1, -0.05) is 66.7 Å². The third-order valence-electron chi connectivity index (χ3n) is 8.07. The van der Waals surface area contributed by atoms with Crippen molar-refractivity contribution >= 4 is 25.0 Å². The van der Waals surface area contributed by atoms with Crippen LogP contribution in [0.4, 0.5) is 5.69 Å². The van der Waals surface area contributed by atoms with Crippen molar-refractivity contribution in [1.82, 2.24) is 0 Å². The predicted octanol–water partition coefficient (Wildman–Crippen LogP) is 7.61. The molecule has 1 heterocycles. The molecule has 1 aliphatic heterocycles. The predicted molar refractivity (Wildman–Crippen MR) is 170 cm³/mol.